The zero-order chi connectivity index (χ0) is 38.4. The number of allylic oxidation sites excluding steroid dienone is 3. The molecule has 0 radical (unpaired) electrons. The van der Waals surface area contributed by atoms with E-state index in [2.05, 4.69) is 26.0 Å². The standard InChI is InChI=1S/C43H84NO7P/c1-6-8-10-12-14-16-18-20-21-22-23-24-25-27-29-31-33-35-38-48-40-42(41-50-52(46,47)49-39-37-44(3,4)5)51-43(45)36-34-32-30-28-26-19-17-15-13-11-9-7-2/h15,17,35,38,42H,6-14,16,18-34,36-37,39-41H2,1-5H3/b17-15+,38-35+/t42-/m0/s1. The van der Waals surface area contributed by atoms with Crippen LogP contribution < -0.4 is 4.89 Å². The third kappa shape index (κ3) is 40.0. The number of hydrogen-bond donors (Lipinski definition) is 0. The summed E-state index contributed by atoms with van der Waals surface area (Å²) < 4.78 is 34.3. The summed E-state index contributed by atoms with van der Waals surface area (Å²) in [4.78, 5) is 24.9. The molecule has 0 aliphatic rings. The number of rotatable bonds is 40. The summed E-state index contributed by atoms with van der Waals surface area (Å²) >= 11 is 0. The summed E-state index contributed by atoms with van der Waals surface area (Å²) in [6.45, 7) is 4.71. The van der Waals surface area contributed by atoms with Gasteiger partial charge in [-0.25, -0.2) is 0 Å². The van der Waals surface area contributed by atoms with Crippen LogP contribution in [0.2, 0.25) is 0 Å². The van der Waals surface area contributed by atoms with Crippen LogP contribution in [-0.4, -0.2) is 64.1 Å². The van der Waals surface area contributed by atoms with Crippen LogP contribution in [0.15, 0.2) is 24.5 Å². The molecule has 0 aliphatic carbocycles. The molecule has 0 spiro atoms. The average molecular weight is 758 g/mol. The Morgan fingerprint density at radius 1 is 0.596 bits per heavy atom. The SMILES string of the molecule is CCCCC/C=C/CCCCCCCC(=O)O[C@@H](CO/C=C/CCCCCCCCCCCCCCCCCC)COP(=O)([O-])OCC[N+](C)(C)C. The third-order valence-electron chi connectivity index (χ3n) is 9.32. The predicted octanol–water partition coefficient (Wildman–Crippen LogP) is 12.2. The molecule has 0 aromatic heterocycles. The number of phosphoric ester groups is 1. The van der Waals surface area contributed by atoms with Gasteiger partial charge in [-0.15, -0.1) is 0 Å². The van der Waals surface area contributed by atoms with E-state index in [1.54, 1.807) is 6.26 Å². The summed E-state index contributed by atoms with van der Waals surface area (Å²) in [6.07, 6.45) is 41.4. The number of ether oxygens (including phenoxy) is 2. The number of esters is 1. The maximum absolute atomic E-state index is 12.6. The third-order valence-corrected chi connectivity index (χ3v) is 10.3. The van der Waals surface area contributed by atoms with Crippen molar-refractivity contribution in [2.24, 2.45) is 0 Å². The van der Waals surface area contributed by atoms with E-state index in [9.17, 15) is 14.3 Å². The molecule has 0 amide bonds. The van der Waals surface area contributed by atoms with Gasteiger partial charge in [-0.05, 0) is 51.0 Å². The minimum Gasteiger partial charge on any atom is -0.756 e. The minimum absolute atomic E-state index is 0.0164. The molecule has 0 aliphatic heterocycles. The van der Waals surface area contributed by atoms with E-state index < -0.39 is 13.9 Å². The van der Waals surface area contributed by atoms with Gasteiger partial charge in [0.2, 0.25) is 0 Å². The summed E-state index contributed by atoms with van der Waals surface area (Å²) in [5, 5.41) is 0. The molecule has 0 aromatic carbocycles. The predicted molar refractivity (Wildman–Crippen MR) is 217 cm³/mol. The summed E-state index contributed by atoms with van der Waals surface area (Å²) in [6, 6.07) is 0. The second-order valence-corrected chi connectivity index (χ2v) is 17.2. The summed E-state index contributed by atoms with van der Waals surface area (Å²) in [5.41, 5.74) is 0. The number of unbranched alkanes of at least 4 members (excludes halogenated alkanes) is 24. The summed E-state index contributed by atoms with van der Waals surface area (Å²) in [7, 11) is 1.32. The molecule has 9 heteroatoms. The zero-order valence-electron chi connectivity index (χ0n) is 34.8. The van der Waals surface area contributed by atoms with E-state index in [0.29, 0.717) is 11.0 Å². The number of quaternary nitrogens is 1. The quantitative estimate of drug-likeness (QED) is 0.0153. The molecule has 0 rings (SSSR count). The number of nitrogens with zero attached hydrogens (tertiary/aromatic N) is 1. The maximum atomic E-state index is 12.6. The lowest BCUT2D eigenvalue weighted by molar-refractivity contribution is -0.870. The number of carbonyl (C=O) groups is 1. The van der Waals surface area contributed by atoms with E-state index in [1.807, 2.05) is 27.2 Å². The van der Waals surface area contributed by atoms with Crippen LogP contribution in [0.3, 0.4) is 0 Å². The monoisotopic (exact) mass is 758 g/mol. The molecule has 2 atom stereocenters. The average Bonchev–Trinajstić information content (AvgIpc) is 3.09. The van der Waals surface area contributed by atoms with Crippen LogP contribution in [0.25, 0.3) is 0 Å². The van der Waals surface area contributed by atoms with Gasteiger partial charge < -0.3 is 27.9 Å². The van der Waals surface area contributed by atoms with E-state index in [1.165, 1.54) is 128 Å². The van der Waals surface area contributed by atoms with Gasteiger partial charge >= 0.3 is 5.97 Å². The van der Waals surface area contributed by atoms with Crippen molar-refractivity contribution in [1.29, 1.82) is 0 Å². The Morgan fingerprint density at radius 2 is 1.02 bits per heavy atom. The highest BCUT2D eigenvalue weighted by Crippen LogP contribution is 2.38. The first-order chi connectivity index (χ1) is 25.1. The second kappa shape index (κ2) is 36.8. The Bertz CT molecular complexity index is 889. The first-order valence-corrected chi connectivity index (χ1v) is 23.1. The van der Waals surface area contributed by atoms with Crippen molar-refractivity contribution in [2.75, 3.05) is 47.5 Å². The Morgan fingerprint density at radius 3 is 1.52 bits per heavy atom. The number of hydrogen-bond acceptors (Lipinski definition) is 7. The molecule has 52 heavy (non-hydrogen) atoms. The fourth-order valence-corrected chi connectivity index (χ4v) is 6.65. The molecule has 1 unspecified atom stereocenters. The van der Waals surface area contributed by atoms with Gasteiger partial charge in [-0.2, -0.15) is 0 Å². The van der Waals surface area contributed by atoms with Crippen LogP contribution in [0.1, 0.15) is 194 Å². The van der Waals surface area contributed by atoms with Gasteiger partial charge in [-0.3, -0.25) is 9.36 Å². The van der Waals surface area contributed by atoms with Gasteiger partial charge in [0.05, 0.1) is 34.0 Å². The lowest BCUT2D eigenvalue weighted by Gasteiger charge is -2.28. The number of likely N-dealkylation sites (N-methyl/N-ethyl adjacent to an activating group) is 1. The Balaban J connectivity index is 4.25. The molecule has 8 nitrogen and oxygen atoms in total. The molecule has 0 saturated heterocycles. The Labute approximate surface area is 322 Å². The van der Waals surface area contributed by atoms with E-state index in [-0.39, 0.29) is 32.2 Å². The first kappa shape index (κ1) is 50.8. The van der Waals surface area contributed by atoms with Gasteiger partial charge in [0, 0.05) is 6.42 Å². The lowest BCUT2D eigenvalue weighted by atomic mass is 10.0. The van der Waals surface area contributed by atoms with Gasteiger partial charge in [0.1, 0.15) is 19.8 Å². The maximum Gasteiger partial charge on any atom is 0.306 e. The molecule has 0 heterocycles. The highest BCUT2D eigenvalue weighted by atomic mass is 31.2. The summed E-state index contributed by atoms with van der Waals surface area (Å²) in [5.74, 6) is -0.365. The van der Waals surface area contributed by atoms with E-state index in [4.69, 9.17) is 18.5 Å². The van der Waals surface area contributed by atoms with Crippen molar-refractivity contribution < 1.29 is 37.3 Å². The molecule has 0 N–H and O–H groups in total. The van der Waals surface area contributed by atoms with Crippen molar-refractivity contribution in [3.05, 3.63) is 24.5 Å². The van der Waals surface area contributed by atoms with Crippen LogP contribution in [0.5, 0.6) is 0 Å². The first-order valence-electron chi connectivity index (χ1n) is 21.6. The largest absolute Gasteiger partial charge is 0.756 e. The fourth-order valence-electron chi connectivity index (χ4n) is 5.92. The highest BCUT2D eigenvalue weighted by molar-refractivity contribution is 7.45. The van der Waals surface area contributed by atoms with Crippen LogP contribution in [-0.2, 0) is 27.9 Å². The van der Waals surface area contributed by atoms with Crippen molar-refractivity contribution in [3.63, 3.8) is 0 Å². The van der Waals surface area contributed by atoms with Crippen molar-refractivity contribution in [3.8, 4) is 0 Å². The molecule has 0 aromatic rings. The number of carbonyl (C=O) groups excluding carboxylic acids is 1. The number of phosphoric acid groups is 1. The Kier molecular flexibility index (Phi) is 35.9. The van der Waals surface area contributed by atoms with E-state index >= 15 is 0 Å². The van der Waals surface area contributed by atoms with Gasteiger partial charge in [0.15, 0.2) is 6.10 Å². The van der Waals surface area contributed by atoms with Gasteiger partial charge in [-0.1, -0.05) is 154 Å². The minimum atomic E-state index is -4.54. The van der Waals surface area contributed by atoms with Crippen molar-refractivity contribution in [1.82, 2.24) is 0 Å². The second-order valence-electron chi connectivity index (χ2n) is 15.8. The molecular formula is C43H84NO7P. The molecule has 0 fully saturated rings. The van der Waals surface area contributed by atoms with Gasteiger partial charge in [0.25, 0.3) is 7.82 Å². The molecule has 0 bridgehead atoms. The van der Waals surface area contributed by atoms with Crippen molar-refractivity contribution in [2.45, 2.75) is 200 Å². The van der Waals surface area contributed by atoms with E-state index in [0.717, 1.165) is 44.9 Å². The molecule has 308 valence electrons. The van der Waals surface area contributed by atoms with Crippen LogP contribution in [0, 0.1) is 0 Å². The molecule has 0 saturated carbocycles. The highest BCUT2D eigenvalue weighted by Gasteiger charge is 2.20. The fraction of sp³-hybridized carbons (Fsp3) is 0.884. The normalized spacial score (nSPS) is 14.0. The topological polar surface area (TPSA) is 94.1 Å². The molecular weight excluding hydrogens is 673 g/mol. The van der Waals surface area contributed by atoms with Crippen molar-refractivity contribution >= 4 is 13.8 Å². The smallest absolute Gasteiger partial charge is 0.306 e. The Hall–Kier alpha value is -1.18. The zero-order valence-corrected chi connectivity index (χ0v) is 35.7. The lowest BCUT2D eigenvalue weighted by Crippen LogP contribution is -2.37. The van der Waals surface area contributed by atoms with Crippen LogP contribution in [0.4, 0.5) is 0 Å². The van der Waals surface area contributed by atoms with Crippen LogP contribution >= 0.6 is 7.82 Å².